The van der Waals surface area contributed by atoms with Crippen molar-refractivity contribution in [1.82, 2.24) is 16.0 Å². The fourth-order valence-electron chi connectivity index (χ4n) is 4.70. The van der Waals surface area contributed by atoms with Gasteiger partial charge in [-0.1, -0.05) is 67.8 Å². The topological polar surface area (TPSA) is 123 Å². The molecule has 0 saturated heterocycles. The molecular weight excluding hydrogens is 522 g/mol. The van der Waals surface area contributed by atoms with Gasteiger partial charge in [-0.05, 0) is 47.9 Å². The van der Waals surface area contributed by atoms with Crippen LogP contribution in [0.1, 0.15) is 68.9 Å². The number of hydrogen-bond acceptors (Lipinski definition) is 6. The highest BCUT2D eigenvalue weighted by Gasteiger charge is 2.30. The van der Waals surface area contributed by atoms with Crippen molar-refractivity contribution in [2.24, 2.45) is 0 Å². The van der Waals surface area contributed by atoms with Crippen LogP contribution in [0, 0.1) is 12.3 Å². The molecule has 1 atom stereocenters. The average molecular weight is 562 g/mol. The van der Waals surface area contributed by atoms with Gasteiger partial charge < -0.3 is 25.4 Å². The summed E-state index contributed by atoms with van der Waals surface area (Å²) in [5.41, 5.74) is 4.47. The molecule has 1 aliphatic rings. The first-order chi connectivity index (χ1) is 19.9. The van der Waals surface area contributed by atoms with Crippen LogP contribution in [0.3, 0.4) is 0 Å². The van der Waals surface area contributed by atoms with E-state index in [0.29, 0.717) is 25.8 Å². The molecule has 9 heteroatoms. The van der Waals surface area contributed by atoms with Crippen molar-refractivity contribution in [3.8, 4) is 23.5 Å². The number of carbonyl (C=O) groups excluding carboxylic acids is 4. The van der Waals surface area contributed by atoms with Crippen LogP contribution < -0.4 is 16.0 Å². The predicted octanol–water partition coefficient (Wildman–Crippen LogP) is 4.05. The minimum atomic E-state index is -0.863. The fraction of sp³-hybridized carbons (Fsp3) is 0.438. The normalized spacial score (nSPS) is 12.3. The molecule has 9 nitrogen and oxygen atoms in total. The van der Waals surface area contributed by atoms with Crippen LogP contribution in [0.2, 0.25) is 0 Å². The lowest BCUT2D eigenvalue weighted by molar-refractivity contribution is -0.146. The van der Waals surface area contributed by atoms with E-state index in [1.807, 2.05) is 43.3 Å². The summed E-state index contributed by atoms with van der Waals surface area (Å²) in [6, 6.07) is 15.3. The average Bonchev–Trinajstić information content (AvgIpc) is 3.30. The van der Waals surface area contributed by atoms with Gasteiger partial charge in [-0.2, -0.15) is 0 Å². The Labute approximate surface area is 241 Å². The molecule has 0 fully saturated rings. The molecule has 41 heavy (non-hydrogen) atoms. The Hall–Kier alpha value is -4.32. The van der Waals surface area contributed by atoms with Gasteiger partial charge in [0.1, 0.15) is 12.6 Å². The van der Waals surface area contributed by atoms with E-state index in [0.717, 1.165) is 35.1 Å². The lowest BCUT2D eigenvalue weighted by atomic mass is 9.98. The van der Waals surface area contributed by atoms with E-state index in [9.17, 15) is 19.2 Å². The molecule has 0 radical (unpaired) electrons. The number of amides is 3. The van der Waals surface area contributed by atoms with E-state index in [1.54, 1.807) is 0 Å². The molecule has 0 spiro atoms. The fourth-order valence-corrected chi connectivity index (χ4v) is 4.70. The van der Waals surface area contributed by atoms with E-state index in [2.05, 4.69) is 34.0 Å². The van der Waals surface area contributed by atoms with Crippen LogP contribution in [0.4, 0.5) is 4.79 Å². The Morgan fingerprint density at radius 1 is 0.878 bits per heavy atom. The maximum atomic E-state index is 12.8. The summed E-state index contributed by atoms with van der Waals surface area (Å²) >= 11 is 0. The van der Waals surface area contributed by atoms with Crippen molar-refractivity contribution in [1.29, 1.82) is 0 Å². The summed E-state index contributed by atoms with van der Waals surface area (Å²) in [7, 11) is 0. The lowest BCUT2D eigenvalue weighted by Crippen LogP contribution is -2.42. The molecule has 218 valence electrons. The molecule has 2 aromatic carbocycles. The maximum Gasteiger partial charge on any atom is 0.407 e. The van der Waals surface area contributed by atoms with Crippen molar-refractivity contribution in [2.75, 3.05) is 26.3 Å². The summed E-state index contributed by atoms with van der Waals surface area (Å²) in [4.78, 5) is 49.1. The smallest absolute Gasteiger partial charge is 0.407 e. The maximum absolute atomic E-state index is 12.8. The molecule has 3 N–H and O–H groups in total. The Morgan fingerprint density at radius 3 is 2.15 bits per heavy atom. The first-order valence-electron chi connectivity index (χ1n) is 14.2. The second-order valence-electron chi connectivity index (χ2n) is 9.87. The molecule has 0 saturated carbocycles. The number of benzene rings is 2. The molecule has 0 aromatic heterocycles. The van der Waals surface area contributed by atoms with Crippen LogP contribution in [-0.4, -0.2) is 56.2 Å². The Balaban J connectivity index is 1.47. The summed E-state index contributed by atoms with van der Waals surface area (Å²) in [5, 5.41) is 7.95. The number of ether oxygens (including phenoxy) is 2. The Bertz CT molecular complexity index is 1190. The third-order valence-electron chi connectivity index (χ3n) is 6.87. The van der Waals surface area contributed by atoms with Crippen LogP contribution in [0.5, 0.6) is 0 Å². The number of fused-ring (bicyclic) bond motifs is 3. The van der Waals surface area contributed by atoms with Gasteiger partial charge in [0.05, 0.1) is 13.2 Å². The van der Waals surface area contributed by atoms with Gasteiger partial charge in [-0.15, -0.1) is 6.42 Å². The van der Waals surface area contributed by atoms with Crippen LogP contribution in [0.25, 0.3) is 11.1 Å². The summed E-state index contributed by atoms with van der Waals surface area (Å²) < 4.78 is 11.0. The largest absolute Gasteiger partial charge is 0.464 e. The molecule has 0 unspecified atom stereocenters. The first kappa shape index (κ1) is 31.2. The number of hydrogen-bond donors (Lipinski definition) is 3. The molecule has 3 rings (SSSR count). The van der Waals surface area contributed by atoms with E-state index >= 15 is 0 Å². The standard InChI is InChI=1S/C32H39N3O6/c1-3-5-21-40-31(38)28(16-10-11-20-34-30(37)18-17-29(36)33-19-4-2)35-32(39)41-22-27-25-14-8-6-12-23(25)24-13-7-9-15-26(24)27/h2,6-9,12-15,27-28H,3,5,10-11,16-22H2,1H3,(H,33,36)(H,34,37)(H,35,39)/t28-/m1/s1. The SMILES string of the molecule is C#CCNC(=O)CCC(=O)NCCCC[C@@H](NC(=O)OCC1c2ccccc2-c2ccccc21)C(=O)OCCCC. The third-order valence-corrected chi connectivity index (χ3v) is 6.87. The van der Waals surface area contributed by atoms with Gasteiger partial charge in [-0.3, -0.25) is 9.59 Å². The van der Waals surface area contributed by atoms with E-state index in [1.165, 1.54) is 0 Å². The first-order valence-corrected chi connectivity index (χ1v) is 14.2. The zero-order valence-electron chi connectivity index (χ0n) is 23.6. The molecule has 3 amide bonds. The Kier molecular flexibility index (Phi) is 12.7. The van der Waals surface area contributed by atoms with Crippen LogP contribution >= 0.6 is 0 Å². The Morgan fingerprint density at radius 2 is 1.51 bits per heavy atom. The minimum absolute atomic E-state index is 0.0588. The van der Waals surface area contributed by atoms with Gasteiger partial charge in [0, 0.05) is 25.3 Å². The third kappa shape index (κ3) is 9.67. The van der Waals surface area contributed by atoms with Crippen LogP contribution in [-0.2, 0) is 23.9 Å². The van der Waals surface area contributed by atoms with Crippen molar-refractivity contribution in [3.05, 3.63) is 59.7 Å². The number of nitrogens with one attached hydrogen (secondary N) is 3. The highest BCUT2D eigenvalue weighted by Crippen LogP contribution is 2.44. The predicted molar refractivity (Wildman–Crippen MR) is 156 cm³/mol. The van der Waals surface area contributed by atoms with Gasteiger partial charge in [0.15, 0.2) is 0 Å². The van der Waals surface area contributed by atoms with Crippen molar-refractivity contribution < 1.29 is 28.7 Å². The number of unbranched alkanes of at least 4 members (excludes halogenated alkanes) is 2. The van der Waals surface area contributed by atoms with E-state index in [-0.39, 0.29) is 50.3 Å². The van der Waals surface area contributed by atoms with Gasteiger partial charge in [0.2, 0.25) is 11.8 Å². The molecule has 2 aromatic rings. The highest BCUT2D eigenvalue weighted by molar-refractivity contribution is 5.84. The second kappa shape index (κ2) is 16.7. The zero-order chi connectivity index (χ0) is 29.5. The molecule has 0 heterocycles. The monoisotopic (exact) mass is 561 g/mol. The molecule has 1 aliphatic carbocycles. The number of carbonyl (C=O) groups is 4. The van der Waals surface area contributed by atoms with Crippen molar-refractivity contribution in [2.45, 2.75) is 63.8 Å². The van der Waals surface area contributed by atoms with Crippen molar-refractivity contribution >= 4 is 23.9 Å². The zero-order valence-corrected chi connectivity index (χ0v) is 23.6. The number of alkyl carbamates (subject to hydrolysis) is 1. The van der Waals surface area contributed by atoms with Gasteiger partial charge >= 0.3 is 12.1 Å². The minimum Gasteiger partial charge on any atom is -0.464 e. The number of esters is 1. The number of terminal acetylenes is 1. The summed E-state index contributed by atoms with van der Waals surface area (Å²) in [5.74, 6) is 1.19. The van der Waals surface area contributed by atoms with E-state index in [4.69, 9.17) is 15.9 Å². The van der Waals surface area contributed by atoms with Crippen molar-refractivity contribution in [3.63, 3.8) is 0 Å². The molecule has 0 bridgehead atoms. The number of rotatable bonds is 16. The summed E-state index contributed by atoms with van der Waals surface area (Å²) in [6.45, 7) is 2.94. The quantitative estimate of drug-likeness (QED) is 0.161. The van der Waals surface area contributed by atoms with Gasteiger partial charge in [0.25, 0.3) is 0 Å². The second-order valence-corrected chi connectivity index (χ2v) is 9.87. The lowest BCUT2D eigenvalue weighted by Gasteiger charge is -2.19. The molecular formula is C32H39N3O6. The van der Waals surface area contributed by atoms with Gasteiger partial charge in [-0.25, -0.2) is 9.59 Å². The summed E-state index contributed by atoms with van der Waals surface area (Å²) in [6.07, 6.45) is 7.62. The highest BCUT2D eigenvalue weighted by atomic mass is 16.6. The van der Waals surface area contributed by atoms with E-state index < -0.39 is 18.1 Å². The van der Waals surface area contributed by atoms with Crippen LogP contribution in [0.15, 0.2) is 48.5 Å². The molecule has 0 aliphatic heterocycles.